The van der Waals surface area contributed by atoms with Crippen LogP contribution in [0.5, 0.6) is 23.0 Å². The summed E-state index contributed by atoms with van der Waals surface area (Å²) in [6.07, 6.45) is 0. The van der Waals surface area contributed by atoms with Crippen molar-refractivity contribution in [2.45, 2.75) is 27.0 Å². The number of methoxy groups -OCH3 is 1. The highest BCUT2D eigenvalue weighted by atomic mass is 19.3. The quantitative estimate of drug-likeness (QED) is 0.439. The minimum absolute atomic E-state index is 0.000191. The molecule has 0 aliphatic carbocycles. The van der Waals surface area contributed by atoms with E-state index in [1.807, 2.05) is 19.1 Å². The van der Waals surface area contributed by atoms with Crippen molar-refractivity contribution in [3.05, 3.63) is 42.0 Å². The third kappa shape index (κ3) is 6.68. The van der Waals surface area contributed by atoms with Crippen LogP contribution in [0.4, 0.5) is 14.5 Å². The molecule has 2 N–H and O–H groups in total. The number of nitrogens with zero attached hydrogens (tertiary/aromatic N) is 1. The highest BCUT2D eigenvalue weighted by Crippen LogP contribution is 2.31. The first-order chi connectivity index (χ1) is 14.5. The number of guanidine groups is 1. The van der Waals surface area contributed by atoms with E-state index in [-0.39, 0.29) is 11.5 Å². The maximum absolute atomic E-state index is 12.5. The van der Waals surface area contributed by atoms with Crippen LogP contribution in [0.3, 0.4) is 0 Å². The Kier molecular flexibility index (Phi) is 8.99. The van der Waals surface area contributed by atoms with E-state index in [0.29, 0.717) is 37.2 Å². The maximum atomic E-state index is 12.5. The Bertz CT molecular complexity index is 847. The molecule has 164 valence electrons. The fourth-order valence-corrected chi connectivity index (χ4v) is 2.65. The predicted octanol–water partition coefficient (Wildman–Crippen LogP) is 4.28. The lowest BCUT2D eigenvalue weighted by Gasteiger charge is -2.16. The molecular formula is C21H27F2N3O4. The molecule has 2 rings (SSSR count). The number of benzene rings is 2. The lowest BCUT2D eigenvalue weighted by atomic mass is 10.2. The average Bonchev–Trinajstić information content (AvgIpc) is 2.73. The summed E-state index contributed by atoms with van der Waals surface area (Å²) in [6, 6.07) is 10.3. The summed E-state index contributed by atoms with van der Waals surface area (Å²) in [4.78, 5) is 4.20. The molecule has 0 heterocycles. The number of hydrogen-bond donors (Lipinski definition) is 2. The Balaban J connectivity index is 2.07. The Morgan fingerprint density at radius 2 is 1.63 bits per heavy atom. The lowest BCUT2D eigenvalue weighted by Crippen LogP contribution is -2.30. The number of anilines is 1. The summed E-state index contributed by atoms with van der Waals surface area (Å²) < 4.78 is 45.9. The van der Waals surface area contributed by atoms with Gasteiger partial charge in [0.2, 0.25) is 0 Å². The molecule has 9 heteroatoms. The first-order valence-corrected chi connectivity index (χ1v) is 9.49. The van der Waals surface area contributed by atoms with Crippen LogP contribution in [0, 0.1) is 0 Å². The molecule has 0 saturated heterocycles. The van der Waals surface area contributed by atoms with Crippen molar-refractivity contribution in [3.63, 3.8) is 0 Å². The van der Waals surface area contributed by atoms with Crippen molar-refractivity contribution in [1.29, 1.82) is 0 Å². The monoisotopic (exact) mass is 423 g/mol. The number of hydrogen-bond acceptors (Lipinski definition) is 5. The van der Waals surface area contributed by atoms with E-state index in [0.717, 1.165) is 11.3 Å². The summed E-state index contributed by atoms with van der Waals surface area (Å²) in [7, 11) is 3.23. The summed E-state index contributed by atoms with van der Waals surface area (Å²) in [5.74, 6) is 2.04. The fraction of sp³-hybridized carbons (Fsp3) is 0.381. The number of ether oxygens (including phenoxy) is 4. The average molecular weight is 423 g/mol. The van der Waals surface area contributed by atoms with Gasteiger partial charge >= 0.3 is 6.61 Å². The first-order valence-electron chi connectivity index (χ1n) is 9.49. The second-order valence-electron chi connectivity index (χ2n) is 5.94. The Morgan fingerprint density at radius 3 is 2.23 bits per heavy atom. The molecule has 0 spiro atoms. The molecule has 0 bridgehead atoms. The molecule has 0 unspecified atom stereocenters. The summed E-state index contributed by atoms with van der Waals surface area (Å²) in [6.45, 7) is 1.99. The van der Waals surface area contributed by atoms with Crippen LogP contribution in [-0.4, -0.2) is 39.9 Å². The van der Waals surface area contributed by atoms with E-state index < -0.39 is 6.61 Å². The van der Waals surface area contributed by atoms with Gasteiger partial charge in [-0.1, -0.05) is 6.07 Å². The van der Waals surface area contributed by atoms with Crippen molar-refractivity contribution in [1.82, 2.24) is 5.32 Å². The second-order valence-corrected chi connectivity index (χ2v) is 5.94. The van der Waals surface area contributed by atoms with E-state index in [1.165, 1.54) is 6.07 Å². The molecule has 2 aromatic carbocycles. The molecule has 0 radical (unpaired) electrons. The molecule has 0 amide bonds. The molecule has 30 heavy (non-hydrogen) atoms. The Labute approximate surface area is 175 Å². The third-order valence-corrected chi connectivity index (χ3v) is 3.93. The number of alkyl halides is 2. The SMILES string of the molecule is CCOc1cc(NC(=NC)NCc2ccc(OC(F)F)c(OCC)c2)ccc1OC. The van der Waals surface area contributed by atoms with Crippen molar-refractivity contribution in [2.24, 2.45) is 4.99 Å². The van der Waals surface area contributed by atoms with E-state index in [9.17, 15) is 8.78 Å². The van der Waals surface area contributed by atoms with Gasteiger partial charge in [-0.05, 0) is 43.7 Å². The van der Waals surface area contributed by atoms with Gasteiger partial charge in [0.1, 0.15) is 0 Å². The van der Waals surface area contributed by atoms with Crippen LogP contribution in [0.2, 0.25) is 0 Å². The van der Waals surface area contributed by atoms with Crippen molar-refractivity contribution >= 4 is 11.6 Å². The number of rotatable bonds is 10. The van der Waals surface area contributed by atoms with Gasteiger partial charge < -0.3 is 29.6 Å². The van der Waals surface area contributed by atoms with Crippen LogP contribution in [0.25, 0.3) is 0 Å². The van der Waals surface area contributed by atoms with Crippen LogP contribution in [-0.2, 0) is 6.54 Å². The van der Waals surface area contributed by atoms with Crippen molar-refractivity contribution < 1.29 is 27.7 Å². The Hall–Kier alpha value is -3.23. The fourth-order valence-electron chi connectivity index (χ4n) is 2.65. The molecule has 7 nitrogen and oxygen atoms in total. The molecule has 0 aromatic heterocycles. The molecule has 0 saturated carbocycles. The zero-order valence-corrected chi connectivity index (χ0v) is 17.5. The number of aliphatic imine (C=N–C) groups is 1. The van der Waals surface area contributed by atoms with Gasteiger partial charge in [0.05, 0.1) is 20.3 Å². The third-order valence-electron chi connectivity index (χ3n) is 3.93. The van der Waals surface area contributed by atoms with Crippen molar-refractivity contribution in [2.75, 3.05) is 32.7 Å². The number of halogens is 2. The van der Waals surface area contributed by atoms with E-state index in [2.05, 4.69) is 20.4 Å². The highest BCUT2D eigenvalue weighted by molar-refractivity contribution is 5.93. The van der Waals surface area contributed by atoms with Crippen LogP contribution >= 0.6 is 0 Å². The molecule has 2 aromatic rings. The van der Waals surface area contributed by atoms with Gasteiger partial charge in [0, 0.05) is 25.3 Å². The molecule has 0 aliphatic heterocycles. The standard InChI is InChI=1S/C21H27F2N3O4/c1-5-28-18-11-14(7-9-17(18)30-20(22)23)13-25-21(24-3)26-15-8-10-16(27-4)19(12-15)29-6-2/h7-12,20H,5-6,13H2,1-4H3,(H2,24,25,26). The van der Waals surface area contributed by atoms with Gasteiger partial charge in [-0.3, -0.25) is 4.99 Å². The molecule has 0 aliphatic rings. The first kappa shape index (κ1) is 23.1. The van der Waals surface area contributed by atoms with E-state index >= 15 is 0 Å². The van der Waals surface area contributed by atoms with Gasteiger partial charge in [-0.25, -0.2) is 0 Å². The molecular weight excluding hydrogens is 396 g/mol. The number of nitrogens with one attached hydrogen (secondary N) is 2. The van der Waals surface area contributed by atoms with E-state index in [4.69, 9.17) is 14.2 Å². The largest absolute Gasteiger partial charge is 0.493 e. The maximum Gasteiger partial charge on any atom is 0.387 e. The van der Waals surface area contributed by atoms with Crippen LogP contribution < -0.4 is 29.6 Å². The smallest absolute Gasteiger partial charge is 0.387 e. The minimum atomic E-state index is -2.91. The zero-order valence-electron chi connectivity index (χ0n) is 17.5. The highest BCUT2D eigenvalue weighted by Gasteiger charge is 2.12. The van der Waals surface area contributed by atoms with Crippen LogP contribution in [0.1, 0.15) is 19.4 Å². The van der Waals surface area contributed by atoms with Gasteiger partial charge in [0.25, 0.3) is 0 Å². The normalized spacial score (nSPS) is 11.2. The van der Waals surface area contributed by atoms with Gasteiger partial charge in [-0.2, -0.15) is 8.78 Å². The predicted molar refractivity (Wildman–Crippen MR) is 112 cm³/mol. The topological polar surface area (TPSA) is 73.3 Å². The summed E-state index contributed by atoms with van der Waals surface area (Å²) >= 11 is 0. The van der Waals surface area contributed by atoms with Crippen LogP contribution in [0.15, 0.2) is 41.4 Å². The van der Waals surface area contributed by atoms with Crippen molar-refractivity contribution in [3.8, 4) is 23.0 Å². The second kappa shape index (κ2) is 11.7. The summed E-state index contributed by atoms with van der Waals surface area (Å²) in [5.41, 5.74) is 1.58. The molecule has 0 fully saturated rings. The minimum Gasteiger partial charge on any atom is -0.493 e. The van der Waals surface area contributed by atoms with Gasteiger partial charge in [0.15, 0.2) is 29.0 Å². The van der Waals surface area contributed by atoms with Gasteiger partial charge in [-0.15, -0.1) is 0 Å². The Morgan fingerprint density at radius 1 is 0.967 bits per heavy atom. The zero-order chi connectivity index (χ0) is 21.9. The lowest BCUT2D eigenvalue weighted by molar-refractivity contribution is -0.0514. The summed E-state index contributed by atoms with van der Waals surface area (Å²) in [5, 5.41) is 6.34. The van der Waals surface area contributed by atoms with E-state index in [1.54, 1.807) is 39.3 Å². The molecule has 0 atom stereocenters.